The minimum Gasteiger partial charge on any atom is -0.497 e. The number of methoxy groups -OCH3 is 1. The highest BCUT2D eigenvalue weighted by molar-refractivity contribution is 5.89. The lowest BCUT2D eigenvalue weighted by atomic mass is 10.1. The molecule has 186 valence electrons. The fourth-order valence-electron chi connectivity index (χ4n) is 4.41. The smallest absolute Gasteiger partial charge is 0.322 e. The number of amides is 2. The Kier molecular flexibility index (Phi) is 7.38. The van der Waals surface area contributed by atoms with Crippen LogP contribution in [0.3, 0.4) is 0 Å². The predicted molar refractivity (Wildman–Crippen MR) is 144 cm³/mol. The second-order valence-corrected chi connectivity index (χ2v) is 8.76. The SMILES string of the molecule is CCC(c1nc2ccccc2c(=O)n1-c1ccc(C)c(C)c1)N(CC)C(=O)Nc1ccc(OC)cc1. The second-order valence-electron chi connectivity index (χ2n) is 8.76. The fourth-order valence-corrected chi connectivity index (χ4v) is 4.41. The molecule has 0 aliphatic carbocycles. The third kappa shape index (κ3) is 4.82. The standard InChI is InChI=1S/C29H32N4O3/c1-6-26(32(7-2)29(35)30-21-13-16-23(36-5)17-14-21)27-31-25-11-9-8-10-24(25)28(34)33(27)22-15-12-19(3)20(4)18-22/h8-18,26H,6-7H2,1-5H3,(H,30,35). The summed E-state index contributed by atoms with van der Waals surface area (Å²) < 4.78 is 6.87. The minimum absolute atomic E-state index is 0.149. The molecule has 7 nitrogen and oxygen atoms in total. The summed E-state index contributed by atoms with van der Waals surface area (Å²) in [6.45, 7) is 8.43. The van der Waals surface area contributed by atoms with Crippen molar-refractivity contribution in [2.75, 3.05) is 19.0 Å². The van der Waals surface area contributed by atoms with Crippen LogP contribution in [0.25, 0.3) is 16.6 Å². The molecule has 0 saturated carbocycles. The van der Waals surface area contributed by atoms with Crippen LogP contribution in [0.15, 0.2) is 71.5 Å². The number of aryl methyl sites for hydroxylation is 2. The summed E-state index contributed by atoms with van der Waals surface area (Å²) in [6.07, 6.45) is 0.583. The van der Waals surface area contributed by atoms with Crippen molar-refractivity contribution in [3.8, 4) is 11.4 Å². The lowest BCUT2D eigenvalue weighted by molar-refractivity contribution is 0.185. The van der Waals surface area contributed by atoms with Crippen LogP contribution in [0.1, 0.15) is 43.3 Å². The number of para-hydroxylation sites is 1. The average molecular weight is 485 g/mol. The van der Waals surface area contributed by atoms with Crippen molar-refractivity contribution >= 4 is 22.6 Å². The van der Waals surface area contributed by atoms with Crippen LogP contribution in [0, 0.1) is 13.8 Å². The Morgan fingerprint density at radius 3 is 2.39 bits per heavy atom. The average Bonchev–Trinajstić information content (AvgIpc) is 2.89. The number of hydrogen-bond acceptors (Lipinski definition) is 4. The third-order valence-corrected chi connectivity index (χ3v) is 6.55. The molecule has 3 aromatic carbocycles. The van der Waals surface area contributed by atoms with Crippen LogP contribution in [-0.4, -0.2) is 34.1 Å². The van der Waals surface area contributed by atoms with Crippen LogP contribution in [0.4, 0.5) is 10.5 Å². The van der Waals surface area contributed by atoms with Gasteiger partial charge in [-0.15, -0.1) is 0 Å². The summed E-state index contributed by atoms with van der Waals surface area (Å²) >= 11 is 0. The number of ether oxygens (including phenoxy) is 1. The largest absolute Gasteiger partial charge is 0.497 e. The zero-order valence-electron chi connectivity index (χ0n) is 21.4. The maximum Gasteiger partial charge on any atom is 0.322 e. The zero-order valence-corrected chi connectivity index (χ0v) is 21.4. The van der Waals surface area contributed by atoms with Gasteiger partial charge in [0.05, 0.1) is 29.7 Å². The van der Waals surface area contributed by atoms with Gasteiger partial charge in [0.15, 0.2) is 0 Å². The normalized spacial score (nSPS) is 11.8. The number of aromatic nitrogens is 2. The van der Waals surface area contributed by atoms with E-state index >= 15 is 0 Å². The van der Waals surface area contributed by atoms with Crippen molar-refractivity contribution in [1.29, 1.82) is 0 Å². The van der Waals surface area contributed by atoms with Crippen LogP contribution < -0.4 is 15.6 Å². The number of nitrogens with one attached hydrogen (secondary N) is 1. The second kappa shape index (κ2) is 10.6. The number of carbonyl (C=O) groups excluding carboxylic acids is 1. The highest BCUT2D eigenvalue weighted by atomic mass is 16.5. The molecular weight excluding hydrogens is 452 g/mol. The van der Waals surface area contributed by atoms with Gasteiger partial charge in [0.2, 0.25) is 0 Å². The number of rotatable bonds is 7. The molecule has 0 radical (unpaired) electrons. The Morgan fingerprint density at radius 1 is 1.03 bits per heavy atom. The van der Waals surface area contributed by atoms with Crippen molar-refractivity contribution in [2.24, 2.45) is 0 Å². The molecule has 2 amide bonds. The van der Waals surface area contributed by atoms with Crippen LogP contribution in [0.5, 0.6) is 5.75 Å². The zero-order chi connectivity index (χ0) is 25.8. The van der Waals surface area contributed by atoms with Gasteiger partial charge in [0.1, 0.15) is 11.6 Å². The van der Waals surface area contributed by atoms with Crippen molar-refractivity contribution in [1.82, 2.24) is 14.5 Å². The first kappa shape index (κ1) is 25.0. The van der Waals surface area contributed by atoms with E-state index < -0.39 is 6.04 Å². The molecule has 0 aliphatic heterocycles. The Hall–Kier alpha value is -4.13. The molecule has 1 unspecified atom stereocenters. The van der Waals surface area contributed by atoms with E-state index in [-0.39, 0.29) is 11.6 Å². The summed E-state index contributed by atoms with van der Waals surface area (Å²) in [7, 11) is 1.60. The number of urea groups is 1. The van der Waals surface area contributed by atoms with Gasteiger partial charge in [-0.3, -0.25) is 9.36 Å². The van der Waals surface area contributed by atoms with E-state index in [1.807, 2.05) is 64.1 Å². The van der Waals surface area contributed by atoms with E-state index in [1.54, 1.807) is 46.9 Å². The maximum absolute atomic E-state index is 13.8. The maximum atomic E-state index is 13.8. The Bertz CT molecular complexity index is 1440. The third-order valence-electron chi connectivity index (χ3n) is 6.55. The van der Waals surface area contributed by atoms with Gasteiger partial charge in [-0.25, -0.2) is 9.78 Å². The van der Waals surface area contributed by atoms with Crippen molar-refractivity contribution < 1.29 is 9.53 Å². The molecule has 0 spiro atoms. The van der Waals surface area contributed by atoms with Gasteiger partial charge in [0, 0.05) is 12.2 Å². The van der Waals surface area contributed by atoms with Crippen LogP contribution >= 0.6 is 0 Å². The number of fused-ring (bicyclic) bond motifs is 1. The van der Waals surface area contributed by atoms with Gasteiger partial charge in [-0.05, 0) is 86.8 Å². The lowest BCUT2D eigenvalue weighted by Crippen LogP contribution is -2.40. The Balaban J connectivity index is 1.83. The van der Waals surface area contributed by atoms with Gasteiger partial charge in [-0.1, -0.05) is 25.1 Å². The molecule has 1 atom stereocenters. The summed E-state index contributed by atoms with van der Waals surface area (Å²) in [5.74, 6) is 1.25. The van der Waals surface area contributed by atoms with Gasteiger partial charge in [0.25, 0.3) is 5.56 Å². The molecule has 4 rings (SSSR count). The monoisotopic (exact) mass is 484 g/mol. The summed E-state index contributed by atoms with van der Waals surface area (Å²) in [5, 5.41) is 3.51. The molecule has 0 saturated heterocycles. The molecule has 1 N–H and O–H groups in total. The Morgan fingerprint density at radius 2 is 1.75 bits per heavy atom. The summed E-state index contributed by atoms with van der Waals surface area (Å²) in [5.41, 5.74) is 4.08. The first-order chi connectivity index (χ1) is 17.4. The van der Waals surface area contributed by atoms with Crippen LogP contribution in [-0.2, 0) is 0 Å². The molecule has 0 fully saturated rings. The minimum atomic E-state index is -0.424. The molecule has 7 heteroatoms. The van der Waals surface area contributed by atoms with Gasteiger partial charge in [-0.2, -0.15) is 0 Å². The highest BCUT2D eigenvalue weighted by Crippen LogP contribution is 2.27. The first-order valence-corrected chi connectivity index (χ1v) is 12.2. The van der Waals surface area contributed by atoms with E-state index in [0.717, 1.165) is 16.8 Å². The number of nitrogens with zero attached hydrogens (tertiary/aromatic N) is 3. The quantitative estimate of drug-likeness (QED) is 0.348. The Labute approximate surface area is 211 Å². The highest BCUT2D eigenvalue weighted by Gasteiger charge is 2.28. The van der Waals surface area contributed by atoms with E-state index in [0.29, 0.717) is 41.1 Å². The predicted octanol–water partition coefficient (Wildman–Crippen LogP) is 6.02. The lowest BCUT2D eigenvalue weighted by Gasteiger charge is -2.31. The van der Waals surface area contributed by atoms with E-state index in [1.165, 1.54) is 0 Å². The summed E-state index contributed by atoms with van der Waals surface area (Å²) in [4.78, 5) is 33.9. The molecule has 1 aromatic heterocycles. The number of hydrogen-bond donors (Lipinski definition) is 1. The van der Waals surface area contributed by atoms with Crippen molar-refractivity contribution in [3.63, 3.8) is 0 Å². The topological polar surface area (TPSA) is 76.5 Å². The van der Waals surface area contributed by atoms with Crippen molar-refractivity contribution in [3.05, 3.63) is 94.0 Å². The molecule has 36 heavy (non-hydrogen) atoms. The molecule has 1 heterocycles. The number of benzene rings is 3. The first-order valence-electron chi connectivity index (χ1n) is 12.2. The number of carbonyl (C=O) groups is 1. The molecule has 0 aliphatic rings. The van der Waals surface area contributed by atoms with Crippen LogP contribution in [0.2, 0.25) is 0 Å². The fraction of sp³-hybridized carbons (Fsp3) is 0.276. The van der Waals surface area contributed by atoms with E-state index in [9.17, 15) is 9.59 Å². The van der Waals surface area contributed by atoms with Crippen molar-refractivity contribution in [2.45, 2.75) is 40.2 Å². The van der Waals surface area contributed by atoms with E-state index in [2.05, 4.69) is 5.32 Å². The molecular formula is C29H32N4O3. The summed E-state index contributed by atoms with van der Waals surface area (Å²) in [6, 6.07) is 19.8. The van der Waals surface area contributed by atoms with Gasteiger partial charge < -0.3 is 15.0 Å². The molecule has 0 bridgehead atoms. The van der Waals surface area contributed by atoms with E-state index in [4.69, 9.17) is 9.72 Å². The number of anilines is 1. The van der Waals surface area contributed by atoms with Gasteiger partial charge >= 0.3 is 6.03 Å². The molecule has 4 aromatic rings.